The van der Waals surface area contributed by atoms with E-state index in [1.54, 1.807) is 11.3 Å². The second kappa shape index (κ2) is 6.05. The lowest BCUT2D eigenvalue weighted by Gasteiger charge is -2.17. The molecule has 0 aromatic carbocycles. The molecule has 1 aliphatic heterocycles. The van der Waals surface area contributed by atoms with Crippen LogP contribution < -0.4 is 10.6 Å². The highest BCUT2D eigenvalue weighted by molar-refractivity contribution is 7.07. The third kappa shape index (κ3) is 3.56. The highest BCUT2D eigenvalue weighted by Gasteiger charge is 2.39. The molecule has 2 N–H and O–H groups in total. The van der Waals surface area contributed by atoms with E-state index in [2.05, 4.69) is 29.0 Å². The molecular formula is C15H21N3O2S. The summed E-state index contributed by atoms with van der Waals surface area (Å²) in [5.41, 5.74) is 1.25. The number of likely N-dealkylation sites (tertiary alicyclic amines) is 1. The normalized spacial score (nSPS) is 23.2. The predicted molar refractivity (Wildman–Crippen MR) is 82.4 cm³/mol. The summed E-state index contributed by atoms with van der Waals surface area (Å²) in [6.45, 7) is 3.36. The first-order valence-corrected chi connectivity index (χ1v) is 8.43. The molecule has 0 bridgehead atoms. The summed E-state index contributed by atoms with van der Waals surface area (Å²) in [6, 6.07) is 2.30. The van der Waals surface area contributed by atoms with Gasteiger partial charge in [0.2, 0.25) is 5.91 Å². The summed E-state index contributed by atoms with van der Waals surface area (Å²) < 4.78 is 0. The fourth-order valence-electron chi connectivity index (χ4n) is 2.72. The molecule has 2 atom stereocenters. The maximum Gasteiger partial charge on any atom is 0.315 e. The van der Waals surface area contributed by atoms with E-state index in [9.17, 15) is 9.59 Å². The topological polar surface area (TPSA) is 61.4 Å². The van der Waals surface area contributed by atoms with E-state index in [4.69, 9.17) is 0 Å². The molecule has 0 radical (unpaired) electrons. The maximum absolute atomic E-state index is 11.9. The minimum Gasteiger partial charge on any atom is -0.338 e. The zero-order chi connectivity index (χ0) is 14.8. The molecule has 3 amide bonds. The molecule has 1 aliphatic carbocycles. The van der Waals surface area contributed by atoms with Crippen molar-refractivity contribution in [1.82, 2.24) is 15.5 Å². The van der Waals surface area contributed by atoms with Crippen molar-refractivity contribution < 1.29 is 9.59 Å². The molecule has 2 heterocycles. The second-order valence-electron chi connectivity index (χ2n) is 5.99. The Morgan fingerprint density at radius 2 is 2.33 bits per heavy atom. The molecule has 1 aromatic heterocycles. The van der Waals surface area contributed by atoms with Gasteiger partial charge in [-0.05, 0) is 41.1 Å². The van der Waals surface area contributed by atoms with E-state index in [1.165, 1.54) is 5.56 Å². The first kappa shape index (κ1) is 14.4. The number of amides is 3. The van der Waals surface area contributed by atoms with Crippen LogP contribution in [0.4, 0.5) is 4.79 Å². The number of nitrogens with one attached hydrogen (secondary N) is 2. The molecule has 114 valence electrons. The van der Waals surface area contributed by atoms with Gasteiger partial charge in [0.05, 0.1) is 6.04 Å². The highest BCUT2D eigenvalue weighted by Crippen LogP contribution is 2.30. The van der Waals surface area contributed by atoms with Crippen LogP contribution in [0.2, 0.25) is 0 Å². The Morgan fingerprint density at radius 3 is 3.00 bits per heavy atom. The summed E-state index contributed by atoms with van der Waals surface area (Å²) in [7, 11) is 0. The minimum atomic E-state index is -0.174. The van der Waals surface area contributed by atoms with Crippen LogP contribution in [-0.4, -0.2) is 42.0 Å². The number of thiophene rings is 1. The van der Waals surface area contributed by atoms with Gasteiger partial charge in [0.1, 0.15) is 0 Å². The highest BCUT2D eigenvalue weighted by atomic mass is 32.1. The number of hydrogen-bond acceptors (Lipinski definition) is 3. The van der Waals surface area contributed by atoms with Crippen LogP contribution >= 0.6 is 11.3 Å². The summed E-state index contributed by atoms with van der Waals surface area (Å²) in [5.74, 6) is 0.476. The number of carbonyl (C=O) groups excluding carboxylic acids is 2. The van der Waals surface area contributed by atoms with Crippen LogP contribution in [0, 0.1) is 0 Å². The summed E-state index contributed by atoms with van der Waals surface area (Å²) in [6.07, 6.45) is 2.66. The van der Waals surface area contributed by atoms with Gasteiger partial charge in [0.25, 0.3) is 0 Å². The summed E-state index contributed by atoms with van der Waals surface area (Å²) in [5, 5.41) is 9.96. The van der Waals surface area contributed by atoms with Crippen LogP contribution in [0.1, 0.15) is 37.7 Å². The molecule has 1 aromatic rings. The first-order chi connectivity index (χ1) is 10.1. The van der Waals surface area contributed by atoms with Crippen LogP contribution in [0.25, 0.3) is 0 Å². The molecule has 0 spiro atoms. The largest absolute Gasteiger partial charge is 0.338 e. The lowest BCUT2D eigenvalue weighted by Crippen LogP contribution is -2.44. The van der Waals surface area contributed by atoms with Crippen molar-refractivity contribution in [2.24, 2.45) is 0 Å². The average Bonchev–Trinajstić information content (AvgIpc) is 3.01. The predicted octanol–water partition coefficient (Wildman–Crippen LogP) is 1.91. The molecule has 1 saturated heterocycles. The molecular weight excluding hydrogens is 286 g/mol. The Balaban J connectivity index is 1.41. The third-order valence-corrected chi connectivity index (χ3v) is 4.86. The molecule has 3 rings (SSSR count). The van der Waals surface area contributed by atoms with E-state index < -0.39 is 0 Å². The molecule has 21 heavy (non-hydrogen) atoms. The maximum atomic E-state index is 11.9. The van der Waals surface area contributed by atoms with Gasteiger partial charge in [0.15, 0.2) is 0 Å². The fourth-order valence-corrected chi connectivity index (χ4v) is 3.51. The number of hydrogen-bond donors (Lipinski definition) is 2. The third-order valence-electron chi connectivity index (χ3n) is 4.16. The fraction of sp³-hybridized carbons (Fsp3) is 0.600. The standard InChI is InChI=1S/C15H21N3O2S/c1-10(11-4-5-21-9-11)7-16-15(20)17-12-6-14(19)18(8-12)13-2-3-13/h4-5,9-10,12-13H,2-3,6-8H2,1H3,(H2,16,17,20)/t10-,12-/m1/s1. The van der Waals surface area contributed by atoms with E-state index in [0.29, 0.717) is 31.5 Å². The van der Waals surface area contributed by atoms with Crippen molar-refractivity contribution in [2.75, 3.05) is 13.1 Å². The first-order valence-electron chi connectivity index (χ1n) is 7.49. The molecule has 0 unspecified atom stereocenters. The van der Waals surface area contributed by atoms with Crippen LogP contribution in [0.15, 0.2) is 16.8 Å². The number of nitrogens with zero attached hydrogens (tertiary/aromatic N) is 1. The van der Waals surface area contributed by atoms with Crippen molar-refractivity contribution in [3.8, 4) is 0 Å². The van der Waals surface area contributed by atoms with E-state index in [0.717, 1.165) is 12.8 Å². The molecule has 6 heteroatoms. The van der Waals surface area contributed by atoms with Crippen molar-refractivity contribution in [3.05, 3.63) is 22.4 Å². The smallest absolute Gasteiger partial charge is 0.315 e. The van der Waals surface area contributed by atoms with Crippen molar-refractivity contribution in [2.45, 2.75) is 44.2 Å². The molecule has 5 nitrogen and oxygen atoms in total. The number of urea groups is 1. The van der Waals surface area contributed by atoms with Gasteiger partial charge in [-0.3, -0.25) is 4.79 Å². The van der Waals surface area contributed by atoms with Crippen LogP contribution in [-0.2, 0) is 4.79 Å². The monoisotopic (exact) mass is 307 g/mol. The van der Waals surface area contributed by atoms with Gasteiger partial charge in [-0.1, -0.05) is 6.92 Å². The van der Waals surface area contributed by atoms with E-state index >= 15 is 0 Å². The quantitative estimate of drug-likeness (QED) is 0.873. The van der Waals surface area contributed by atoms with Gasteiger partial charge in [0, 0.05) is 25.6 Å². The average molecular weight is 307 g/mol. The zero-order valence-electron chi connectivity index (χ0n) is 12.2. The Morgan fingerprint density at radius 1 is 1.52 bits per heavy atom. The molecule has 2 fully saturated rings. The SMILES string of the molecule is C[C@H](CNC(=O)N[C@@H]1CC(=O)N(C2CC2)C1)c1ccsc1. The Kier molecular flexibility index (Phi) is 4.14. The molecule has 1 saturated carbocycles. The van der Waals surface area contributed by atoms with Gasteiger partial charge in [-0.15, -0.1) is 0 Å². The Labute approximate surface area is 128 Å². The lowest BCUT2D eigenvalue weighted by atomic mass is 10.1. The second-order valence-corrected chi connectivity index (χ2v) is 6.77. The van der Waals surface area contributed by atoms with Gasteiger partial charge in [-0.25, -0.2) is 4.79 Å². The Hall–Kier alpha value is -1.56. The molecule has 2 aliphatic rings. The van der Waals surface area contributed by atoms with Crippen molar-refractivity contribution in [1.29, 1.82) is 0 Å². The van der Waals surface area contributed by atoms with Crippen LogP contribution in [0.5, 0.6) is 0 Å². The van der Waals surface area contributed by atoms with Gasteiger partial charge in [-0.2, -0.15) is 11.3 Å². The van der Waals surface area contributed by atoms with Crippen molar-refractivity contribution >= 4 is 23.3 Å². The van der Waals surface area contributed by atoms with Gasteiger partial charge < -0.3 is 15.5 Å². The van der Waals surface area contributed by atoms with Crippen molar-refractivity contribution in [3.63, 3.8) is 0 Å². The summed E-state index contributed by atoms with van der Waals surface area (Å²) >= 11 is 1.67. The Bertz CT molecular complexity index is 513. The summed E-state index contributed by atoms with van der Waals surface area (Å²) in [4.78, 5) is 25.7. The van der Waals surface area contributed by atoms with E-state index in [1.807, 2.05) is 10.3 Å². The van der Waals surface area contributed by atoms with Gasteiger partial charge >= 0.3 is 6.03 Å². The van der Waals surface area contributed by atoms with E-state index in [-0.39, 0.29) is 18.0 Å². The number of carbonyl (C=O) groups is 2. The van der Waals surface area contributed by atoms with Crippen LogP contribution in [0.3, 0.4) is 0 Å². The minimum absolute atomic E-state index is 0.0467. The zero-order valence-corrected chi connectivity index (χ0v) is 13.0. The number of rotatable bonds is 5. The lowest BCUT2D eigenvalue weighted by molar-refractivity contribution is -0.128.